The first-order chi connectivity index (χ1) is 13.1. The van der Waals surface area contributed by atoms with E-state index in [1.165, 1.54) is 0 Å². The highest BCUT2D eigenvalue weighted by Gasteiger charge is 2.50. The summed E-state index contributed by atoms with van der Waals surface area (Å²) < 4.78 is 12.0. The van der Waals surface area contributed by atoms with Crippen molar-refractivity contribution >= 4 is 39.1 Å². The molecular formula is C19H13BrN2O5. The molecule has 3 aliphatic rings. The summed E-state index contributed by atoms with van der Waals surface area (Å²) in [5.41, 5.74) is 4.73. The maximum Gasteiger partial charge on any atom is 0.270 e. The van der Waals surface area contributed by atoms with E-state index < -0.39 is 17.9 Å². The number of nitrogens with one attached hydrogen (secondary N) is 1. The number of amides is 2. The molecule has 0 aliphatic carbocycles. The van der Waals surface area contributed by atoms with Crippen LogP contribution < -0.4 is 19.9 Å². The number of rotatable bonds is 2. The number of anilines is 1. The Bertz CT molecular complexity index is 1000. The SMILES string of the molecule is O=C1C2=C(c3ccc(Br)cc3)NO[C@@H]2C(=O)N1c1ccc2c(c1)OCCO2. The van der Waals surface area contributed by atoms with E-state index in [9.17, 15) is 9.59 Å². The van der Waals surface area contributed by atoms with Gasteiger partial charge in [-0.25, -0.2) is 4.90 Å². The topological polar surface area (TPSA) is 77.1 Å². The number of fused-ring (bicyclic) bond motifs is 2. The average molecular weight is 429 g/mol. The number of halogens is 1. The molecule has 27 heavy (non-hydrogen) atoms. The van der Waals surface area contributed by atoms with Crippen LogP contribution in [0.2, 0.25) is 0 Å². The summed E-state index contributed by atoms with van der Waals surface area (Å²) in [6, 6.07) is 12.4. The second-order valence-electron chi connectivity index (χ2n) is 6.20. The summed E-state index contributed by atoms with van der Waals surface area (Å²) in [6.07, 6.45) is -0.968. The Balaban J connectivity index is 1.55. The quantitative estimate of drug-likeness (QED) is 0.740. The number of carbonyl (C=O) groups is 2. The third-order valence-electron chi connectivity index (χ3n) is 4.61. The molecule has 0 unspecified atom stereocenters. The lowest BCUT2D eigenvalue weighted by Crippen LogP contribution is -2.34. The van der Waals surface area contributed by atoms with Crippen molar-refractivity contribution in [1.29, 1.82) is 0 Å². The molecule has 136 valence electrons. The Kier molecular flexibility index (Phi) is 3.70. The van der Waals surface area contributed by atoms with Crippen molar-refractivity contribution in [2.75, 3.05) is 18.1 Å². The third-order valence-corrected chi connectivity index (χ3v) is 5.13. The van der Waals surface area contributed by atoms with E-state index in [1.807, 2.05) is 24.3 Å². The number of hydrogen-bond donors (Lipinski definition) is 1. The molecule has 0 spiro atoms. The summed E-state index contributed by atoms with van der Waals surface area (Å²) in [5, 5.41) is 0. The van der Waals surface area contributed by atoms with E-state index in [2.05, 4.69) is 21.4 Å². The molecule has 2 aromatic rings. The Hall–Kier alpha value is -2.84. The number of hydroxylamine groups is 1. The number of carbonyl (C=O) groups excluding carboxylic acids is 2. The van der Waals surface area contributed by atoms with Crippen LogP contribution in [0.3, 0.4) is 0 Å². The molecule has 0 bridgehead atoms. The first-order valence-corrected chi connectivity index (χ1v) is 9.12. The van der Waals surface area contributed by atoms with Crippen molar-refractivity contribution in [3.63, 3.8) is 0 Å². The van der Waals surface area contributed by atoms with Gasteiger partial charge in [-0.05, 0) is 24.3 Å². The second kappa shape index (κ2) is 6.11. The lowest BCUT2D eigenvalue weighted by Gasteiger charge is -2.21. The fraction of sp³-hybridized carbons (Fsp3) is 0.158. The molecule has 1 atom stereocenters. The molecular weight excluding hydrogens is 416 g/mol. The first-order valence-electron chi connectivity index (χ1n) is 8.33. The van der Waals surface area contributed by atoms with Gasteiger partial charge >= 0.3 is 0 Å². The lowest BCUT2D eigenvalue weighted by molar-refractivity contribution is -0.127. The van der Waals surface area contributed by atoms with Crippen molar-refractivity contribution in [2.45, 2.75) is 6.10 Å². The predicted molar refractivity (Wildman–Crippen MR) is 99.0 cm³/mol. The summed E-state index contributed by atoms with van der Waals surface area (Å²) in [7, 11) is 0. The molecule has 3 aliphatic heterocycles. The second-order valence-corrected chi connectivity index (χ2v) is 7.12. The average Bonchev–Trinajstić information content (AvgIpc) is 3.23. The first kappa shape index (κ1) is 16.3. The fourth-order valence-electron chi connectivity index (χ4n) is 3.34. The van der Waals surface area contributed by atoms with Crippen LogP contribution in [0.4, 0.5) is 5.69 Å². The van der Waals surface area contributed by atoms with Gasteiger partial charge in [0.2, 0.25) is 0 Å². The van der Waals surface area contributed by atoms with E-state index in [1.54, 1.807) is 18.2 Å². The number of imide groups is 1. The summed E-state index contributed by atoms with van der Waals surface area (Å²) in [4.78, 5) is 32.4. The predicted octanol–water partition coefficient (Wildman–Crippen LogP) is 2.41. The van der Waals surface area contributed by atoms with Crippen LogP contribution in [-0.2, 0) is 14.4 Å². The minimum atomic E-state index is -0.968. The van der Waals surface area contributed by atoms with Crippen molar-refractivity contribution in [1.82, 2.24) is 5.48 Å². The van der Waals surface area contributed by atoms with Gasteiger partial charge in [-0.2, -0.15) is 0 Å². The summed E-state index contributed by atoms with van der Waals surface area (Å²) in [6.45, 7) is 0.895. The van der Waals surface area contributed by atoms with Crippen LogP contribution in [0.1, 0.15) is 5.56 Å². The van der Waals surface area contributed by atoms with Crippen molar-refractivity contribution in [3.05, 3.63) is 58.1 Å². The van der Waals surface area contributed by atoms with E-state index in [4.69, 9.17) is 14.3 Å². The molecule has 7 nitrogen and oxygen atoms in total. The van der Waals surface area contributed by atoms with Crippen molar-refractivity contribution in [2.24, 2.45) is 0 Å². The zero-order valence-electron chi connectivity index (χ0n) is 13.9. The van der Waals surface area contributed by atoms with Gasteiger partial charge in [-0.3, -0.25) is 19.9 Å². The molecule has 2 aromatic carbocycles. The normalized spacial score (nSPS) is 20.8. The fourth-order valence-corrected chi connectivity index (χ4v) is 3.60. The third kappa shape index (κ3) is 2.52. The van der Waals surface area contributed by atoms with Gasteiger partial charge in [0.05, 0.1) is 17.0 Å². The minimum Gasteiger partial charge on any atom is -0.486 e. The van der Waals surface area contributed by atoms with Crippen LogP contribution >= 0.6 is 15.9 Å². The lowest BCUT2D eigenvalue weighted by atomic mass is 10.1. The molecule has 1 N–H and O–H groups in total. The summed E-state index contributed by atoms with van der Waals surface area (Å²) >= 11 is 3.38. The highest BCUT2D eigenvalue weighted by atomic mass is 79.9. The van der Waals surface area contributed by atoms with Gasteiger partial charge in [-0.15, -0.1) is 0 Å². The van der Waals surface area contributed by atoms with Gasteiger partial charge in [0, 0.05) is 16.1 Å². The van der Waals surface area contributed by atoms with E-state index in [-0.39, 0.29) is 0 Å². The molecule has 5 rings (SSSR count). The zero-order chi connectivity index (χ0) is 18.5. The highest BCUT2D eigenvalue weighted by molar-refractivity contribution is 9.10. The number of benzene rings is 2. The van der Waals surface area contributed by atoms with Crippen LogP contribution in [0, 0.1) is 0 Å². The van der Waals surface area contributed by atoms with Crippen LogP contribution in [0.5, 0.6) is 11.5 Å². The Morgan fingerprint density at radius 2 is 1.74 bits per heavy atom. The molecule has 8 heteroatoms. The summed E-state index contributed by atoms with van der Waals surface area (Å²) in [5.74, 6) is 0.255. The zero-order valence-corrected chi connectivity index (χ0v) is 15.5. The maximum atomic E-state index is 13.1. The number of hydrogen-bond acceptors (Lipinski definition) is 6. The Labute approximate surface area is 162 Å². The van der Waals surface area contributed by atoms with Gasteiger partial charge in [0.15, 0.2) is 17.6 Å². The maximum absolute atomic E-state index is 13.1. The van der Waals surface area contributed by atoms with Gasteiger partial charge in [-0.1, -0.05) is 28.1 Å². The molecule has 1 fully saturated rings. The van der Waals surface area contributed by atoms with Gasteiger partial charge < -0.3 is 9.47 Å². The van der Waals surface area contributed by atoms with Crippen molar-refractivity contribution in [3.8, 4) is 11.5 Å². The molecule has 0 aromatic heterocycles. The monoisotopic (exact) mass is 428 g/mol. The molecule has 1 saturated heterocycles. The Morgan fingerprint density at radius 1 is 1.00 bits per heavy atom. The van der Waals surface area contributed by atoms with Crippen LogP contribution in [0.25, 0.3) is 5.70 Å². The van der Waals surface area contributed by atoms with Crippen molar-refractivity contribution < 1.29 is 23.9 Å². The number of ether oxygens (including phenoxy) is 2. The van der Waals surface area contributed by atoms with Crippen LogP contribution in [0.15, 0.2) is 52.5 Å². The Morgan fingerprint density at radius 3 is 2.52 bits per heavy atom. The van der Waals surface area contributed by atoms with E-state index >= 15 is 0 Å². The number of nitrogens with zero attached hydrogens (tertiary/aromatic N) is 1. The molecule has 0 saturated carbocycles. The van der Waals surface area contributed by atoms with E-state index in [0.717, 1.165) is 14.9 Å². The van der Waals surface area contributed by atoms with Gasteiger partial charge in [0.1, 0.15) is 13.2 Å². The largest absolute Gasteiger partial charge is 0.486 e. The smallest absolute Gasteiger partial charge is 0.270 e. The van der Waals surface area contributed by atoms with E-state index in [0.29, 0.717) is 41.7 Å². The highest BCUT2D eigenvalue weighted by Crippen LogP contribution is 2.39. The molecule has 3 heterocycles. The van der Waals surface area contributed by atoms with Gasteiger partial charge in [0.25, 0.3) is 11.8 Å². The molecule has 2 amide bonds. The standard InChI is InChI=1S/C19H13BrN2O5/c20-11-3-1-10(2-4-11)16-15-17(27-21-16)19(24)22(18(15)23)12-5-6-13-14(9-12)26-8-7-25-13/h1-6,9,17,21H,7-8H2/t17-/m0/s1. The van der Waals surface area contributed by atoms with Crippen LogP contribution in [-0.4, -0.2) is 31.1 Å². The minimum absolute atomic E-state index is 0.303. The molecule has 0 radical (unpaired) electrons.